The molecule has 0 aromatic rings. The van der Waals surface area contributed by atoms with Crippen LogP contribution in [0.2, 0.25) is 0 Å². The fraction of sp³-hybridized carbons (Fsp3) is 0.400. The number of rotatable bonds is 4. The van der Waals surface area contributed by atoms with Gasteiger partial charge in [0.25, 0.3) is 5.91 Å². The molecule has 0 heterocycles. The fourth-order valence-electron chi connectivity index (χ4n) is 0.422. The number of carboxylic acid groups (broad SMARTS) is 1. The van der Waals surface area contributed by atoms with Gasteiger partial charge in [-0.3, -0.25) is 15.3 Å². The molecule has 74 valence electrons. The van der Waals surface area contributed by atoms with Crippen LogP contribution in [0.15, 0.2) is 0 Å². The zero-order chi connectivity index (χ0) is 10.3. The highest BCUT2D eigenvalue weighted by Gasteiger charge is 2.04. The van der Waals surface area contributed by atoms with E-state index in [1.54, 1.807) is 0 Å². The maximum Gasteiger partial charge on any atom is 0.329 e. The molecular weight excluding hydrogens is 200 g/mol. The Labute approximate surface area is 78.6 Å². The summed E-state index contributed by atoms with van der Waals surface area (Å²) in [6.07, 6.45) is 0. The summed E-state index contributed by atoms with van der Waals surface area (Å²) in [6.45, 7) is -0.999. The predicted octanol–water partition coefficient (Wildman–Crippen LogP) is -1.53. The normalized spacial score (nSPS) is 9.00. The molecule has 0 saturated heterocycles. The highest BCUT2D eigenvalue weighted by molar-refractivity contribution is 7.80. The highest BCUT2D eigenvalue weighted by Crippen LogP contribution is 1.75. The van der Waals surface area contributed by atoms with Crippen LogP contribution in [0.4, 0.5) is 0 Å². The number of amides is 1. The van der Waals surface area contributed by atoms with E-state index in [9.17, 15) is 9.59 Å². The van der Waals surface area contributed by atoms with E-state index in [2.05, 4.69) is 17.0 Å². The molecule has 0 aromatic heterocycles. The SMILES string of the molecule is O=C(O)COCC(=O)NC(=S)NO. The summed E-state index contributed by atoms with van der Waals surface area (Å²) in [5.41, 5.74) is 1.52. The molecule has 0 aromatic carbocycles. The van der Waals surface area contributed by atoms with Gasteiger partial charge in [-0.15, -0.1) is 0 Å². The largest absolute Gasteiger partial charge is 0.480 e. The minimum absolute atomic E-state index is 0.274. The summed E-state index contributed by atoms with van der Waals surface area (Å²) >= 11 is 4.37. The van der Waals surface area contributed by atoms with Crippen molar-refractivity contribution in [1.29, 1.82) is 0 Å². The number of ether oxygens (including phenoxy) is 1. The number of hydroxylamine groups is 1. The Morgan fingerprint density at radius 2 is 2.00 bits per heavy atom. The summed E-state index contributed by atoms with van der Waals surface area (Å²) in [7, 11) is 0. The number of aliphatic carboxylic acids is 1. The van der Waals surface area contributed by atoms with Crippen molar-refractivity contribution in [3.63, 3.8) is 0 Å². The third-order valence-electron chi connectivity index (χ3n) is 0.813. The molecule has 0 atom stereocenters. The van der Waals surface area contributed by atoms with E-state index in [0.29, 0.717) is 0 Å². The van der Waals surface area contributed by atoms with Gasteiger partial charge in [0.2, 0.25) is 0 Å². The molecule has 0 fully saturated rings. The van der Waals surface area contributed by atoms with Crippen molar-refractivity contribution in [2.24, 2.45) is 0 Å². The molecule has 0 aliphatic rings. The maximum absolute atomic E-state index is 10.7. The van der Waals surface area contributed by atoms with Gasteiger partial charge in [0.05, 0.1) is 0 Å². The predicted molar refractivity (Wildman–Crippen MR) is 44.1 cm³/mol. The molecule has 0 rings (SSSR count). The van der Waals surface area contributed by atoms with Crippen LogP contribution in [0, 0.1) is 0 Å². The molecule has 0 unspecified atom stereocenters. The Kier molecular flexibility index (Phi) is 5.68. The topological polar surface area (TPSA) is 108 Å². The Bertz CT molecular complexity index is 219. The lowest BCUT2D eigenvalue weighted by Gasteiger charge is -2.03. The van der Waals surface area contributed by atoms with Gasteiger partial charge >= 0.3 is 5.97 Å². The van der Waals surface area contributed by atoms with Crippen LogP contribution in [0.1, 0.15) is 0 Å². The van der Waals surface area contributed by atoms with Gasteiger partial charge in [0, 0.05) is 0 Å². The highest BCUT2D eigenvalue weighted by atomic mass is 32.1. The lowest BCUT2D eigenvalue weighted by Crippen LogP contribution is -2.39. The lowest BCUT2D eigenvalue weighted by molar-refractivity contribution is -0.143. The van der Waals surface area contributed by atoms with Crippen molar-refractivity contribution in [2.75, 3.05) is 13.2 Å². The van der Waals surface area contributed by atoms with E-state index in [0.717, 1.165) is 0 Å². The van der Waals surface area contributed by atoms with Crippen LogP contribution in [-0.4, -0.2) is 40.5 Å². The van der Waals surface area contributed by atoms with Crippen LogP contribution in [-0.2, 0) is 14.3 Å². The average molecular weight is 208 g/mol. The second-order valence-electron chi connectivity index (χ2n) is 1.88. The van der Waals surface area contributed by atoms with Crippen LogP contribution in [0.3, 0.4) is 0 Å². The summed E-state index contributed by atoms with van der Waals surface area (Å²) in [6, 6.07) is 0. The van der Waals surface area contributed by atoms with Gasteiger partial charge in [-0.05, 0) is 12.2 Å². The number of hydrogen-bond donors (Lipinski definition) is 4. The van der Waals surface area contributed by atoms with Crippen molar-refractivity contribution in [3.8, 4) is 0 Å². The monoisotopic (exact) mass is 208 g/mol. The van der Waals surface area contributed by atoms with Crippen molar-refractivity contribution < 1.29 is 24.6 Å². The van der Waals surface area contributed by atoms with Gasteiger partial charge in [-0.2, -0.15) is 0 Å². The molecule has 0 radical (unpaired) electrons. The quantitative estimate of drug-likeness (QED) is 0.328. The number of carbonyl (C=O) groups excluding carboxylic acids is 1. The average Bonchev–Trinajstić information content (AvgIpc) is 2.03. The zero-order valence-electron chi connectivity index (χ0n) is 6.44. The minimum atomic E-state index is -1.17. The molecule has 0 aliphatic carbocycles. The van der Waals surface area contributed by atoms with E-state index < -0.39 is 25.1 Å². The molecule has 0 spiro atoms. The number of thiocarbonyl (C=S) groups is 1. The first kappa shape index (κ1) is 11.8. The Morgan fingerprint density at radius 1 is 1.38 bits per heavy atom. The first-order chi connectivity index (χ1) is 6.06. The van der Waals surface area contributed by atoms with Crippen LogP contribution < -0.4 is 10.8 Å². The maximum atomic E-state index is 10.7. The second kappa shape index (κ2) is 6.29. The molecule has 1 amide bonds. The molecule has 7 nitrogen and oxygen atoms in total. The number of carbonyl (C=O) groups is 2. The van der Waals surface area contributed by atoms with Gasteiger partial charge in [0.1, 0.15) is 13.2 Å². The molecule has 8 heteroatoms. The van der Waals surface area contributed by atoms with Gasteiger partial charge < -0.3 is 9.84 Å². The van der Waals surface area contributed by atoms with Gasteiger partial charge in [-0.1, -0.05) is 0 Å². The smallest absolute Gasteiger partial charge is 0.329 e. The van der Waals surface area contributed by atoms with E-state index in [1.165, 1.54) is 5.48 Å². The Hall–Kier alpha value is -1.25. The second-order valence-corrected chi connectivity index (χ2v) is 2.28. The molecule has 13 heavy (non-hydrogen) atoms. The van der Waals surface area contributed by atoms with Crippen molar-refractivity contribution in [2.45, 2.75) is 0 Å². The Balaban J connectivity index is 3.52. The van der Waals surface area contributed by atoms with Crippen molar-refractivity contribution >= 4 is 29.2 Å². The van der Waals surface area contributed by atoms with Crippen molar-refractivity contribution in [3.05, 3.63) is 0 Å². The summed E-state index contributed by atoms with van der Waals surface area (Å²) in [5, 5.41) is 18.0. The molecule has 4 N–H and O–H groups in total. The van der Waals surface area contributed by atoms with Gasteiger partial charge in [0.15, 0.2) is 5.11 Å². The van der Waals surface area contributed by atoms with E-state index in [4.69, 9.17) is 10.3 Å². The van der Waals surface area contributed by atoms with E-state index in [1.807, 2.05) is 5.32 Å². The number of hydrogen-bond acceptors (Lipinski definition) is 5. The van der Waals surface area contributed by atoms with E-state index in [-0.39, 0.29) is 5.11 Å². The third-order valence-corrected chi connectivity index (χ3v) is 1.01. The number of carboxylic acids is 1. The summed E-state index contributed by atoms with van der Waals surface area (Å²) in [5.74, 6) is -1.82. The minimum Gasteiger partial charge on any atom is -0.480 e. The molecule has 0 aliphatic heterocycles. The summed E-state index contributed by atoms with van der Waals surface area (Å²) < 4.78 is 4.42. The first-order valence-corrected chi connectivity index (χ1v) is 3.50. The lowest BCUT2D eigenvalue weighted by atomic mass is 10.6. The molecular formula is C5H8N2O5S. The number of nitrogens with one attached hydrogen (secondary N) is 2. The van der Waals surface area contributed by atoms with Crippen LogP contribution in [0.25, 0.3) is 0 Å². The van der Waals surface area contributed by atoms with Crippen molar-refractivity contribution in [1.82, 2.24) is 10.8 Å². The molecule has 0 bridgehead atoms. The third kappa shape index (κ3) is 7.12. The summed E-state index contributed by atoms with van der Waals surface area (Å²) in [4.78, 5) is 20.7. The molecule has 0 saturated carbocycles. The Morgan fingerprint density at radius 3 is 2.46 bits per heavy atom. The van der Waals surface area contributed by atoms with Crippen LogP contribution >= 0.6 is 12.2 Å². The van der Waals surface area contributed by atoms with Gasteiger partial charge in [-0.25, -0.2) is 10.3 Å². The van der Waals surface area contributed by atoms with E-state index >= 15 is 0 Å². The fourth-order valence-corrected chi connectivity index (χ4v) is 0.536. The zero-order valence-corrected chi connectivity index (χ0v) is 7.26. The van der Waals surface area contributed by atoms with Crippen LogP contribution in [0.5, 0.6) is 0 Å². The standard InChI is InChI=1S/C5H8N2O5S/c8-3(6-5(13)7-11)1-12-2-4(9)10/h11H,1-2H2,(H,9,10)(H2,6,7,8,13). The first-order valence-electron chi connectivity index (χ1n) is 3.09.